The summed E-state index contributed by atoms with van der Waals surface area (Å²) in [6, 6.07) is 10.9. The molecule has 0 amide bonds. The van der Waals surface area contributed by atoms with Crippen LogP contribution in [0.5, 0.6) is 0 Å². The standard InChI is InChI=1S/C20H19N5O2/c1-11(2)25(3)19-18(12-4-6-14-16(8-12)22-10-21-14)23-15-7-5-13(20(26)27)9-17(15)24-19/h4-11H,1-3H3,(H,21,22)(H,26,27). The average molecular weight is 361 g/mol. The summed E-state index contributed by atoms with van der Waals surface area (Å²) in [7, 11) is 1.96. The number of carboxylic acid groups (broad SMARTS) is 1. The van der Waals surface area contributed by atoms with Crippen LogP contribution in [0.1, 0.15) is 24.2 Å². The van der Waals surface area contributed by atoms with Crippen LogP contribution >= 0.6 is 0 Å². The second-order valence-corrected chi connectivity index (χ2v) is 6.74. The van der Waals surface area contributed by atoms with E-state index < -0.39 is 5.97 Å². The predicted octanol–water partition coefficient (Wildman–Crippen LogP) is 3.72. The molecule has 0 bridgehead atoms. The molecule has 0 aliphatic rings. The van der Waals surface area contributed by atoms with Crippen LogP contribution in [-0.4, -0.2) is 44.1 Å². The van der Waals surface area contributed by atoms with Gasteiger partial charge in [0, 0.05) is 18.7 Å². The number of aromatic amines is 1. The van der Waals surface area contributed by atoms with Crippen molar-refractivity contribution in [3.8, 4) is 11.3 Å². The van der Waals surface area contributed by atoms with Crippen molar-refractivity contribution in [3.05, 3.63) is 48.3 Å². The lowest BCUT2D eigenvalue weighted by atomic mass is 10.1. The molecule has 4 aromatic rings. The van der Waals surface area contributed by atoms with Gasteiger partial charge in [0.25, 0.3) is 0 Å². The van der Waals surface area contributed by atoms with Gasteiger partial charge < -0.3 is 15.0 Å². The average Bonchev–Trinajstić information content (AvgIpc) is 3.13. The van der Waals surface area contributed by atoms with E-state index in [9.17, 15) is 9.90 Å². The molecule has 0 radical (unpaired) electrons. The zero-order valence-corrected chi connectivity index (χ0v) is 15.3. The Bertz CT molecular complexity index is 1170. The van der Waals surface area contributed by atoms with Gasteiger partial charge in [0.15, 0.2) is 5.82 Å². The Hall–Kier alpha value is -3.48. The second-order valence-electron chi connectivity index (χ2n) is 6.74. The van der Waals surface area contributed by atoms with E-state index in [1.54, 1.807) is 24.5 Å². The van der Waals surface area contributed by atoms with Gasteiger partial charge in [-0.1, -0.05) is 6.07 Å². The van der Waals surface area contributed by atoms with E-state index in [0.29, 0.717) is 16.9 Å². The minimum Gasteiger partial charge on any atom is -0.478 e. The van der Waals surface area contributed by atoms with Crippen LogP contribution < -0.4 is 4.90 Å². The first-order valence-electron chi connectivity index (χ1n) is 8.65. The largest absolute Gasteiger partial charge is 0.478 e. The molecule has 0 spiro atoms. The first-order valence-corrected chi connectivity index (χ1v) is 8.65. The highest BCUT2D eigenvalue weighted by atomic mass is 16.4. The number of imidazole rings is 1. The zero-order chi connectivity index (χ0) is 19.1. The first kappa shape index (κ1) is 17.0. The Labute approximate surface area is 155 Å². The smallest absolute Gasteiger partial charge is 0.335 e. The van der Waals surface area contributed by atoms with Crippen molar-refractivity contribution in [2.45, 2.75) is 19.9 Å². The summed E-state index contributed by atoms with van der Waals surface area (Å²) < 4.78 is 0. The number of rotatable bonds is 4. The minimum absolute atomic E-state index is 0.195. The van der Waals surface area contributed by atoms with Crippen molar-refractivity contribution < 1.29 is 9.90 Å². The van der Waals surface area contributed by atoms with Crippen molar-refractivity contribution in [1.82, 2.24) is 19.9 Å². The number of carbonyl (C=O) groups is 1. The predicted molar refractivity (Wildman–Crippen MR) is 105 cm³/mol. The molecule has 2 aromatic heterocycles. The molecule has 136 valence electrons. The maximum absolute atomic E-state index is 11.3. The second kappa shape index (κ2) is 6.35. The van der Waals surface area contributed by atoms with Gasteiger partial charge in [-0.3, -0.25) is 0 Å². The van der Waals surface area contributed by atoms with Crippen LogP contribution in [0.2, 0.25) is 0 Å². The zero-order valence-electron chi connectivity index (χ0n) is 15.3. The summed E-state index contributed by atoms with van der Waals surface area (Å²) in [6.45, 7) is 4.14. The Morgan fingerprint density at radius 3 is 2.63 bits per heavy atom. The Kier molecular flexibility index (Phi) is 3.99. The summed E-state index contributed by atoms with van der Waals surface area (Å²) in [4.78, 5) is 30.3. The van der Waals surface area contributed by atoms with Gasteiger partial charge in [0.1, 0.15) is 5.69 Å². The van der Waals surface area contributed by atoms with Gasteiger partial charge in [0.05, 0.1) is 34.0 Å². The third kappa shape index (κ3) is 2.97. The van der Waals surface area contributed by atoms with Crippen LogP contribution in [0.25, 0.3) is 33.3 Å². The van der Waals surface area contributed by atoms with Crippen LogP contribution in [0.4, 0.5) is 5.82 Å². The van der Waals surface area contributed by atoms with E-state index in [4.69, 9.17) is 9.97 Å². The summed E-state index contributed by atoms with van der Waals surface area (Å²) in [5.41, 5.74) is 4.87. The molecule has 0 unspecified atom stereocenters. The highest BCUT2D eigenvalue weighted by Crippen LogP contribution is 2.31. The number of nitrogens with one attached hydrogen (secondary N) is 1. The maximum Gasteiger partial charge on any atom is 0.335 e. The van der Waals surface area contributed by atoms with Gasteiger partial charge >= 0.3 is 5.97 Å². The number of benzene rings is 2. The lowest BCUT2D eigenvalue weighted by Crippen LogP contribution is -2.27. The Balaban J connectivity index is 1.97. The van der Waals surface area contributed by atoms with E-state index in [-0.39, 0.29) is 11.6 Å². The van der Waals surface area contributed by atoms with Gasteiger partial charge in [-0.2, -0.15) is 0 Å². The fourth-order valence-corrected chi connectivity index (χ4v) is 2.94. The van der Waals surface area contributed by atoms with Gasteiger partial charge in [-0.25, -0.2) is 19.7 Å². The van der Waals surface area contributed by atoms with Crippen molar-refractivity contribution in [2.75, 3.05) is 11.9 Å². The maximum atomic E-state index is 11.3. The minimum atomic E-state index is -0.981. The number of H-pyrrole nitrogens is 1. The number of nitrogens with zero attached hydrogens (tertiary/aromatic N) is 4. The molecule has 7 heteroatoms. The molecule has 27 heavy (non-hydrogen) atoms. The molecule has 0 aliphatic heterocycles. The molecule has 4 rings (SSSR count). The van der Waals surface area contributed by atoms with Crippen molar-refractivity contribution in [3.63, 3.8) is 0 Å². The van der Waals surface area contributed by atoms with Crippen molar-refractivity contribution in [2.24, 2.45) is 0 Å². The molecular weight excluding hydrogens is 342 g/mol. The summed E-state index contributed by atoms with van der Waals surface area (Å²) in [5.74, 6) is -0.277. The van der Waals surface area contributed by atoms with E-state index in [1.165, 1.54) is 0 Å². The van der Waals surface area contributed by atoms with E-state index >= 15 is 0 Å². The number of hydrogen-bond donors (Lipinski definition) is 2. The van der Waals surface area contributed by atoms with Crippen LogP contribution in [0, 0.1) is 0 Å². The Morgan fingerprint density at radius 2 is 1.89 bits per heavy atom. The molecule has 0 saturated carbocycles. The molecule has 0 fully saturated rings. The van der Waals surface area contributed by atoms with Crippen molar-refractivity contribution in [1.29, 1.82) is 0 Å². The van der Waals surface area contributed by atoms with Gasteiger partial charge in [0.2, 0.25) is 0 Å². The lowest BCUT2D eigenvalue weighted by Gasteiger charge is -2.25. The number of aromatic carboxylic acids is 1. The number of anilines is 1. The molecule has 2 aromatic carbocycles. The van der Waals surface area contributed by atoms with E-state index in [1.807, 2.05) is 30.1 Å². The summed E-state index contributed by atoms with van der Waals surface area (Å²) >= 11 is 0. The highest BCUT2D eigenvalue weighted by Gasteiger charge is 2.18. The topological polar surface area (TPSA) is 95.0 Å². The molecule has 0 atom stereocenters. The third-order valence-electron chi connectivity index (χ3n) is 4.70. The Morgan fingerprint density at radius 1 is 1.07 bits per heavy atom. The molecule has 0 saturated heterocycles. The number of fused-ring (bicyclic) bond motifs is 2. The molecular formula is C20H19N5O2. The SMILES string of the molecule is CC(C)N(C)c1nc2cc(C(=O)O)ccc2nc1-c1ccc2[nH]cnc2c1. The monoisotopic (exact) mass is 361 g/mol. The van der Waals surface area contributed by atoms with Gasteiger partial charge in [-0.05, 0) is 44.2 Å². The molecule has 0 aliphatic carbocycles. The van der Waals surface area contributed by atoms with Crippen LogP contribution in [0.15, 0.2) is 42.7 Å². The molecule has 2 N–H and O–H groups in total. The van der Waals surface area contributed by atoms with Crippen LogP contribution in [0.3, 0.4) is 0 Å². The van der Waals surface area contributed by atoms with E-state index in [2.05, 4.69) is 23.8 Å². The third-order valence-corrected chi connectivity index (χ3v) is 4.70. The normalized spacial score (nSPS) is 11.4. The lowest BCUT2D eigenvalue weighted by molar-refractivity contribution is 0.0697. The fraction of sp³-hybridized carbons (Fsp3) is 0.200. The number of aromatic nitrogens is 4. The molecule has 7 nitrogen and oxygen atoms in total. The quantitative estimate of drug-likeness (QED) is 0.575. The summed E-state index contributed by atoms with van der Waals surface area (Å²) in [6.07, 6.45) is 1.66. The number of carboxylic acids is 1. The van der Waals surface area contributed by atoms with E-state index in [0.717, 1.165) is 22.3 Å². The van der Waals surface area contributed by atoms with Crippen LogP contribution in [-0.2, 0) is 0 Å². The molecule has 2 heterocycles. The number of hydrogen-bond acceptors (Lipinski definition) is 5. The highest BCUT2D eigenvalue weighted by molar-refractivity contribution is 5.94. The fourth-order valence-electron chi connectivity index (χ4n) is 2.94. The first-order chi connectivity index (χ1) is 12.9. The van der Waals surface area contributed by atoms with Crippen molar-refractivity contribution >= 4 is 33.9 Å². The van der Waals surface area contributed by atoms with Gasteiger partial charge in [-0.15, -0.1) is 0 Å². The summed E-state index contributed by atoms with van der Waals surface area (Å²) in [5, 5.41) is 9.26.